The fourth-order valence-electron chi connectivity index (χ4n) is 0.556. The molecule has 3 N–H and O–H groups in total. The monoisotopic (exact) mass is 161 g/mol. The van der Waals surface area contributed by atoms with Crippen LogP contribution in [0, 0.1) is 0 Å². The van der Waals surface area contributed by atoms with E-state index >= 15 is 0 Å². The number of hydrogen-bond acceptors (Lipinski definition) is 3. The van der Waals surface area contributed by atoms with Crippen LogP contribution in [-0.4, -0.2) is 34.9 Å². The summed E-state index contributed by atoms with van der Waals surface area (Å²) in [6.07, 6.45) is 0.580. The van der Waals surface area contributed by atoms with Gasteiger partial charge in [0.15, 0.2) is 0 Å². The fraction of sp³-hybridized carbons (Fsp3) is 0.857. The summed E-state index contributed by atoms with van der Waals surface area (Å²) in [5.41, 5.74) is -0.894. The fourth-order valence-corrected chi connectivity index (χ4v) is 0.556. The van der Waals surface area contributed by atoms with Crippen LogP contribution in [0.4, 0.5) is 0 Å². The molecule has 0 fully saturated rings. The van der Waals surface area contributed by atoms with E-state index in [1.165, 1.54) is 0 Å². The third-order valence-corrected chi connectivity index (χ3v) is 1.44. The number of aliphatic carboxylic acids is 1. The van der Waals surface area contributed by atoms with Gasteiger partial charge in [0.05, 0.1) is 0 Å². The van der Waals surface area contributed by atoms with Gasteiger partial charge in [-0.3, -0.25) is 4.79 Å². The standard InChI is InChI=1S/C7H15NO3/c1-7(2,6(10)11)8-4-3-5-9/h8-9H,3-5H2,1-2H3,(H,10,11). The maximum absolute atomic E-state index is 10.5. The molecule has 0 aromatic heterocycles. The first kappa shape index (κ1) is 10.4. The topological polar surface area (TPSA) is 69.6 Å². The molecule has 0 aromatic rings. The van der Waals surface area contributed by atoms with Crippen molar-refractivity contribution < 1.29 is 15.0 Å². The molecule has 0 unspecified atom stereocenters. The summed E-state index contributed by atoms with van der Waals surface area (Å²) in [5, 5.41) is 19.8. The van der Waals surface area contributed by atoms with E-state index in [4.69, 9.17) is 10.2 Å². The number of carboxylic acids is 1. The summed E-state index contributed by atoms with van der Waals surface area (Å²) >= 11 is 0. The van der Waals surface area contributed by atoms with Crippen molar-refractivity contribution in [2.75, 3.05) is 13.2 Å². The van der Waals surface area contributed by atoms with E-state index in [9.17, 15) is 4.79 Å². The summed E-state index contributed by atoms with van der Waals surface area (Å²) in [4.78, 5) is 10.5. The number of carbonyl (C=O) groups is 1. The van der Waals surface area contributed by atoms with E-state index in [0.717, 1.165) is 0 Å². The summed E-state index contributed by atoms with van der Waals surface area (Å²) in [6, 6.07) is 0. The van der Waals surface area contributed by atoms with Crippen molar-refractivity contribution in [2.24, 2.45) is 0 Å². The number of rotatable bonds is 5. The molecule has 0 aliphatic carbocycles. The predicted molar refractivity (Wildman–Crippen MR) is 41.4 cm³/mol. The molecule has 0 radical (unpaired) electrons. The van der Waals surface area contributed by atoms with Crippen LogP contribution in [0.3, 0.4) is 0 Å². The molecule has 0 heterocycles. The van der Waals surface area contributed by atoms with Crippen molar-refractivity contribution >= 4 is 5.97 Å². The van der Waals surface area contributed by atoms with Crippen LogP contribution in [-0.2, 0) is 4.79 Å². The van der Waals surface area contributed by atoms with Crippen LogP contribution < -0.4 is 5.32 Å². The van der Waals surface area contributed by atoms with Gasteiger partial charge < -0.3 is 15.5 Å². The number of aliphatic hydroxyl groups excluding tert-OH is 1. The highest BCUT2D eigenvalue weighted by molar-refractivity contribution is 5.77. The summed E-state index contributed by atoms with van der Waals surface area (Å²) in [7, 11) is 0. The van der Waals surface area contributed by atoms with Gasteiger partial charge in [-0.15, -0.1) is 0 Å². The highest BCUT2D eigenvalue weighted by Gasteiger charge is 2.25. The van der Waals surface area contributed by atoms with Crippen molar-refractivity contribution in [2.45, 2.75) is 25.8 Å². The third-order valence-electron chi connectivity index (χ3n) is 1.44. The molecule has 0 spiro atoms. The van der Waals surface area contributed by atoms with Gasteiger partial charge in [-0.2, -0.15) is 0 Å². The Morgan fingerprint density at radius 1 is 1.55 bits per heavy atom. The molecule has 0 aliphatic heterocycles. The van der Waals surface area contributed by atoms with E-state index in [-0.39, 0.29) is 6.61 Å². The molecular weight excluding hydrogens is 146 g/mol. The van der Waals surface area contributed by atoms with Crippen molar-refractivity contribution in [3.63, 3.8) is 0 Å². The molecule has 0 atom stereocenters. The molecule has 0 aliphatic rings. The van der Waals surface area contributed by atoms with Crippen molar-refractivity contribution in [3.05, 3.63) is 0 Å². The molecule has 0 saturated heterocycles. The molecule has 4 heteroatoms. The van der Waals surface area contributed by atoms with E-state index in [1.54, 1.807) is 13.8 Å². The van der Waals surface area contributed by atoms with Crippen molar-refractivity contribution in [3.8, 4) is 0 Å². The number of carboxylic acid groups (broad SMARTS) is 1. The van der Waals surface area contributed by atoms with Crippen LogP contribution in [0.5, 0.6) is 0 Å². The summed E-state index contributed by atoms with van der Waals surface area (Å²) in [5.74, 6) is -0.879. The lowest BCUT2D eigenvalue weighted by Crippen LogP contribution is -2.47. The first-order chi connectivity index (χ1) is 5.00. The average Bonchev–Trinajstić information content (AvgIpc) is 1.88. The maximum atomic E-state index is 10.5. The minimum atomic E-state index is -0.894. The second kappa shape index (κ2) is 4.31. The average molecular weight is 161 g/mol. The van der Waals surface area contributed by atoms with Gasteiger partial charge in [0, 0.05) is 6.61 Å². The predicted octanol–water partition coefficient (Wildman–Crippen LogP) is -0.178. The SMILES string of the molecule is CC(C)(NCCCO)C(=O)O. The zero-order chi connectivity index (χ0) is 8.91. The van der Waals surface area contributed by atoms with Gasteiger partial charge in [-0.25, -0.2) is 0 Å². The second-order valence-corrected chi connectivity index (χ2v) is 2.93. The van der Waals surface area contributed by atoms with E-state index in [2.05, 4.69) is 5.32 Å². The highest BCUT2D eigenvalue weighted by atomic mass is 16.4. The normalized spacial score (nSPS) is 11.5. The third kappa shape index (κ3) is 3.95. The number of aliphatic hydroxyl groups is 1. The maximum Gasteiger partial charge on any atom is 0.323 e. The van der Waals surface area contributed by atoms with Crippen LogP contribution in [0.25, 0.3) is 0 Å². The van der Waals surface area contributed by atoms with Gasteiger partial charge in [0.25, 0.3) is 0 Å². The molecule has 0 saturated carbocycles. The molecule has 0 bridgehead atoms. The second-order valence-electron chi connectivity index (χ2n) is 2.93. The Labute approximate surface area is 66.2 Å². The van der Waals surface area contributed by atoms with Crippen LogP contribution in [0.2, 0.25) is 0 Å². The quantitative estimate of drug-likeness (QED) is 0.489. The van der Waals surface area contributed by atoms with Gasteiger partial charge in [-0.05, 0) is 26.8 Å². The van der Waals surface area contributed by atoms with Gasteiger partial charge >= 0.3 is 5.97 Å². The van der Waals surface area contributed by atoms with E-state index in [0.29, 0.717) is 13.0 Å². The number of hydrogen-bond donors (Lipinski definition) is 3. The smallest absolute Gasteiger partial charge is 0.323 e. The Hall–Kier alpha value is -0.610. The lowest BCUT2D eigenvalue weighted by Gasteiger charge is -2.20. The van der Waals surface area contributed by atoms with Gasteiger partial charge in [0.1, 0.15) is 5.54 Å². The molecule has 66 valence electrons. The van der Waals surface area contributed by atoms with Gasteiger partial charge in [0.2, 0.25) is 0 Å². The lowest BCUT2D eigenvalue weighted by molar-refractivity contribution is -0.143. The largest absolute Gasteiger partial charge is 0.480 e. The minimum Gasteiger partial charge on any atom is -0.480 e. The van der Waals surface area contributed by atoms with Crippen molar-refractivity contribution in [1.82, 2.24) is 5.32 Å². The van der Waals surface area contributed by atoms with Crippen LogP contribution >= 0.6 is 0 Å². The molecule has 0 rings (SSSR count). The van der Waals surface area contributed by atoms with Gasteiger partial charge in [-0.1, -0.05) is 0 Å². The Bertz CT molecular complexity index is 134. The summed E-state index contributed by atoms with van der Waals surface area (Å²) in [6.45, 7) is 3.79. The Kier molecular flexibility index (Phi) is 4.07. The van der Waals surface area contributed by atoms with Crippen LogP contribution in [0.15, 0.2) is 0 Å². The first-order valence-electron chi connectivity index (χ1n) is 3.60. The van der Waals surface area contributed by atoms with E-state index < -0.39 is 11.5 Å². The molecule has 4 nitrogen and oxygen atoms in total. The lowest BCUT2D eigenvalue weighted by atomic mass is 10.1. The molecule has 0 aromatic carbocycles. The molecule has 0 amide bonds. The molecule has 11 heavy (non-hydrogen) atoms. The van der Waals surface area contributed by atoms with Crippen LogP contribution in [0.1, 0.15) is 20.3 Å². The Morgan fingerprint density at radius 3 is 2.45 bits per heavy atom. The zero-order valence-corrected chi connectivity index (χ0v) is 6.92. The summed E-state index contributed by atoms with van der Waals surface area (Å²) < 4.78 is 0. The zero-order valence-electron chi connectivity index (χ0n) is 6.92. The highest BCUT2D eigenvalue weighted by Crippen LogP contribution is 2.00. The molecular formula is C7H15NO3. The minimum absolute atomic E-state index is 0.0860. The van der Waals surface area contributed by atoms with E-state index in [1.807, 2.05) is 0 Å². The Morgan fingerprint density at radius 2 is 2.09 bits per heavy atom. The first-order valence-corrected chi connectivity index (χ1v) is 3.60. The number of nitrogens with one attached hydrogen (secondary N) is 1. The Balaban J connectivity index is 3.64. The van der Waals surface area contributed by atoms with Crippen molar-refractivity contribution in [1.29, 1.82) is 0 Å².